The summed E-state index contributed by atoms with van der Waals surface area (Å²) in [5.74, 6) is 0.476. The van der Waals surface area contributed by atoms with Crippen LogP contribution in [-0.4, -0.2) is 5.78 Å². The topological polar surface area (TPSA) is 17.1 Å². The molecule has 3 rings (SSSR count). The van der Waals surface area contributed by atoms with Crippen LogP contribution < -0.4 is 0 Å². The van der Waals surface area contributed by atoms with Crippen molar-refractivity contribution < 1.29 is 4.79 Å². The first-order chi connectivity index (χ1) is 9.27. The second-order valence-electron chi connectivity index (χ2n) is 5.00. The predicted octanol–water partition coefficient (Wildman–Crippen LogP) is 4.22. The van der Waals surface area contributed by atoms with Crippen LogP contribution in [0.2, 0.25) is 0 Å². The first-order valence-electron chi connectivity index (χ1n) is 6.61. The van der Waals surface area contributed by atoms with Gasteiger partial charge in [-0.1, -0.05) is 60.7 Å². The van der Waals surface area contributed by atoms with Crippen LogP contribution in [0.5, 0.6) is 0 Å². The number of rotatable bonds is 2. The van der Waals surface area contributed by atoms with E-state index < -0.39 is 0 Å². The molecule has 0 fully saturated rings. The molecule has 0 bridgehead atoms. The number of carbonyl (C=O) groups excluding carboxylic acids is 1. The van der Waals surface area contributed by atoms with Gasteiger partial charge in [0.15, 0.2) is 5.78 Å². The first-order valence-corrected chi connectivity index (χ1v) is 6.61. The average Bonchev–Trinajstić information content (AvgIpc) is 2.77. The van der Waals surface area contributed by atoms with Crippen LogP contribution in [-0.2, 0) is 4.79 Å². The molecule has 0 aliphatic heterocycles. The Balaban J connectivity index is 2.10. The van der Waals surface area contributed by atoms with Gasteiger partial charge in [0.25, 0.3) is 0 Å². The molecule has 1 heteroatoms. The van der Waals surface area contributed by atoms with Crippen molar-refractivity contribution in [2.45, 2.75) is 19.3 Å². The molecule has 1 atom stereocenters. The van der Waals surface area contributed by atoms with E-state index in [1.165, 1.54) is 16.7 Å². The number of hydrogen-bond acceptors (Lipinski definition) is 1. The molecule has 1 nitrogen and oxygen atoms in total. The van der Waals surface area contributed by atoms with Crippen molar-refractivity contribution in [3.8, 4) is 0 Å². The normalized spacial score (nSPS) is 19.0. The Morgan fingerprint density at radius 3 is 2.11 bits per heavy atom. The highest BCUT2D eigenvalue weighted by molar-refractivity contribution is 6.08. The van der Waals surface area contributed by atoms with Crippen molar-refractivity contribution >= 4 is 11.4 Å². The van der Waals surface area contributed by atoms with Crippen LogP contribution >= 0.6 is 0 Å². The molecule has 2 aromatic carbocycles. The Kier molecular flexibility index (Phi) is 3.04. The fourth-order valence-corrected chi connectivity index (χ4v) is 2.86. The Hall–Kier alpha value is -2.15. The molecule has 1 aliphatic rings. The molecule has 0 aromatic heterocycles. The highest BCUT2D eigenvalue weighted by Gasteiger charge is 2.31. The van der Waals surface area contributed by atoms with Crippen molar-refractivity contribution in [3.05, 3.63) is 77.4 Å². The van der Waals surface area contributed by atoms with Crippen LogP contribution in [0.15, 0.2) is 66.2 Å². The molecule has 0 radical (unpaired) electrons. The number of hydrogen-bond donors (Lipinski definition) is 0. The summed E-state index contributed by atoms with van der Waals surface area (Å²) in [4.78, 5) is 12.1. The van der Waals surface area contributed by atoms with E-state index in [2.05, 4.69) is 24.3 Å². The number of Topliss-reactive ketones (excluding diaryl/α,β-unsaturated/α-hetero) is 1. The van der Waals surface area contributed by atoms with E-state index >= 15 is 0 Å². The highest BCUT2D eigenvalue weighted by atomic mass is 16.1. The standard InChI is InChI=1S/C18H16O/c1-13-17(19)12-16(14-8-4-2-5-9-14)18(13)15-10-6-3-7-11-15/h2-11,16H,12H2,1H3/t16-/m1/s1. The fourth-order valence-electron chi connectivity index (χ4n) is 2.86. The molecule has 2 aromatic rings. The van der Waals surface area contributed by atoms with E-state index in [9.17, 15) is 4.79 Å². The molecule has 94 valence electrons. The average molecular weight is 248 g/mol. The maximum Gasteiger partial charge on any atom is 0.159 e. The van der Waals surface area contributed by atoms with Gasteiger partial charge in [-0.3, -0.25) is 4.79 Å². The zero-order valence-corrected chi connectivity index (χ0v) is 11.0. The summed E-state index contributed by atoms with van der Waals surface area (Å²) < 4.78 is 0. The molecule has 0 saturated heterocycles. The molecule has 1 aliphatic carbocycles. The number of carbonyl (C=O) groups is 1. The Labute approximate surface area is 113 Å². The molecule has 0 spiro atoms. The number of allylic oxidation sites excluding steroid dienone is 2. The fraction of sp³-hybridized carbons (Fsp3) is 0.167. The van der Waals surface area contributed by atoms with E-state index in [4.69, 9.17) is 0 Å². The maximum absolute atomic E-state index is 12.1. The lowest BCUT2D eigenvalue weighted by Crippen LogP contribution is -1.99. The minimum Gasteiger partial charge on any atom is -0.295 e. The lowest BCUT2D eigenvalue weighted by atomic mass is 9.88. The van der Waals surface area contributed by atoms with Crippen molar-refractivity contribution in [2.24, 2.45) is 0 Å². The van der Waals surface area contributed by atoms with Gasteiger partial charge in [0.1, 0.15) is 0 Å². The summed E-state index contributed by atoms with van der Waals surface area (Å²) in [5, 5.41) is 0. The first kappa shape index (κ1) is 11.9. The third-order valence-electron chi connectivity index (χ3n) is 3.85. The Bertz CT molecular complexity index is 623. The SMILES string of the molecule is CC1=C(c2ccccc2)[C@@H](c2ccccc2)CC1=O. The zero-order valence-electron chi connectivity index (χ0n) is 11.0. The van der Waals surface area contributed by atoms with Crippen molar-refractivity contribution in [3.63, 3.8) is 0 Å². The highest BCUT2D eigenvalue weighted by Crippen LogP contribution is 2.43. The summed E-state index contributed by atoms with van der Waals surface area (Å²) in [5.41, 5.74) is 4.50. The van der Waals surface area contributed by atoms with E-state index in [1.807, 2.05) is 43.3 Å². The molecular formula is C18H16O. The van der Waals surface area contributed by atoms with Gasteiger partial charge in [-0.15, -0.1) is 0 Å². The van der Waals surface area contributed by atoms with Gasteiger partial charge in [-0.05, 0) is 29.2 Å². The van der Waals surface area contributed by atoms with Gasteiger partial charge in [-0.2, -0.15) is 0 Å². The van der Waals surface area contributed by atoms with Crippen LogP contribution in [0, 0.1) is 0 Å². The third kappa shape index (κ3) is 2.12. The van der Waals surface area contributed by atoms with E-state index in [1.54, 1.807) is 0 Å². The molecule has 19 heavy (non-hydrogen) atoms. The monoisotopic (exact) mass is 248 g/mol. The molecule has 0 saturated carbocycles. The van der Waals surface area contributed by atoms with Crippen LogP contribution in [0.3, 0.4) is 0 Å². The van der Waals surface area contributed by atoms with Gasteiger partial charge >= 0.3 is 0 Å². The van der Waals surface area contributed by atoms with E-state index in [0.29, 0.717) is 6.42 Å². The van der Waals surface area contributed by atoms with Crippen LogP contribution in [0.4, 0.5) is 0 Å². The molecule has 0 amide bonds. The lowest BCUT2D eigenvalue weighted by molar-refractivity contribution is -0.115. The van der Waals surface area contributed by atoms with Crippen molar-refractivity contribution in [1.29, 1.82) is 0 Å². The second kappa shape index (κ2) is 4.85. The van der Waals surface area contributed by atoms with Crippen LogP contribution in [0.1, 0.15) is 30.4 Å². The molecular weight excluding hydrogens is 232 g/mol. The predicted molar refractivity (Wildman–Crippen MR) is 77.8 cm³/mol. The molecule has 0 unspecified atom stereocenters. The summed E-state index contributed by atoms with van der Waals surface area (Å²) >= 11 is 0. The number of ketones is 1. The van der Waals surface area contributed by atoms with Gasteiger partial charge < -0.3 is 0 Å². The maximum atomic E-state index is 12.1. The lowest BCUT2D eigenvalue weighted by Gasteiger charge is -2.15. The van der Waals surface area contributed by atoms with Crippen LogP contribution in [0.25, 0.3) is 5.57 Å². The van der Waals surface area contributed by atoms with Gasteiger partial charge in [-0.25, -0.2) is 0 Å². The Morgan fingerprint density at radius 2 is 1.47 bits per heavy atom. The largest absolute Gasteiger partial charge is 0.295 e. The van der Waals surface area contributed by atoms with E-state index in [0.717, 1.165) is 5.57 Å². The summed E-state index contributed by atoms with van der Waals surface area (Å²) in [6.07, 6.45) is 0.597. The molecule has 0 N–H and O–H groups in total. The van der Waals surface area contributed by atoms with Gasteiger partial charge in [0, 0.05) is 12.3 Å². The summed E-state index contributed by atoms with van der Waals surface area (Å²) in [7, 11) is 0. The number of benzene rings is 2. The summed E-state index contributed by atoms with van der Waals surface area (Å²) in [6, 6.07) is 20.6. The minimum absolute atomic E-state index is 0.205. The van der Waals surface area contributed by atoms with Gasteiger partial charge in [0.2, 0.25) is 0 Å². The Morgan fingerprint density at radius 1 is 0.895 bits per heavy atom. The zero-order chi connectivity index (χ0) is 13.2. The quantitative estimate of drug-likeness (QED) is 0.777. The van der Waals surface area contributed by atoms with E-state index in [-0.39, 0.29) is 11.7 Å². The smallest absolute Gasteiger partial charge is 0.159 e. The van der Waals surface area contributed by atoms with Crippen molar-refractivity contribution in [2.75, 3.05) is 0 Å². The third-order valence-corrected chi connectivity index (χ3v) is 3.85. The minimum atomic E-state index is 0.205. The second-order valence-corrected chi connectivity index (χ2v) is 5.00. The summed E-state index contributed by atoms with van der Waals surface area (Å²) in [6.45, 7) is 1.95. The molecule has 0 heterocycles. The van der Waals surface area contributed by atoms with Crippen molar-refractivity contribution in [1.82, 2.24) is 0 Å². The van der Waals surface area contributed by atoms with Gasteiger partial charge in [0.05, 0.1) is 0 Å².